The molecule has 1 aliphatic rings. The van der Waals surface area contributed by atoms with Gasteiger partial charge in [0.25, 0.3) is 0 Å². The number of fused-ring (bicyclic) bond motifs is 1. The van der Waals surface area contributed by atoms with Gasteiger partial charge in [-0.15, -0.1) is 34.2 Å². The highest BCUT2D eigenvalue weighted by Crippen LogP contribution is 2.35. The van der Waals surface area contributed by atoms with Crippen molar-refractivity contribution >= 4 is 47.2 Å². The minimum absolute atomic E-state index is 0. The van der Waals surface area contributed by atoms with Crippen molar-refractivity contribution in [2.45, 2.75) is 24.8 Å². The monoisotopic (exact) mass is 540 g/mol. The maximum absolute atomic E-state index is 6.27. The molecule has 0 unspecified atom stereocenters. The van der Waals surface area contributed by atoms with Crippen LogP contribution in [0.1, 0.15) is 24.2 Å². The molecule has 2 aromatic heterocycles. The second-order valence-corrected chi connectivity index (χ2v) is 7.66. The molecule has 2 N–H and O–H groups in total. The molecule has 7 nitrogen and oxygen atoms in total. The summed E-state index contributed by atoms with van der Waals surface area (Å²) in [7, 11) is 1.77. The quantitative estimate of drug-likeness (QED) is 0.295. The van der Waals surface area contributed by atoms with Crippen molar-refractivity contribution in [2.24, 2.45) is 4.99 Å². The predicted molar refractivity (Wildman–Crippen MR) is 130 cm³/mol. The van der Waals surface area contributed by atoms with Gasteiger partial charge in [-0.25, -0.2) is 0 Å². The average Bonchev–Trinajstić information content (AvgIpc) is 3.18. The maximum Gasteiger partial charge on any atom is 0.191 e. The van der Waals surface area contributed by atoms with E-state index >= 15 is 0 Å². The summed E-state index contributed by atoms with van der Waals surface area (Å²) >= 11 is 6.27. The number of nitrogens with zero attached hydrogens (tertiary/aromatic N) is 4. The van der Waals surface area contributed by atoms with Crippen LogP contribution in [0, 0.1) is 0 Å². The Labute approximate surface area is 198 Å². The number of nitrogens with one attached hydrogen (secondary N) is 2. The summed E-state index contributed by atoms with van der Waals surface area (Å²) < 4.78 is 7.59. The van der Waals surface area contributed by atoms with Crippen molar-refractivity contribution in [2.75, 3.05) is 26.8 Å². The molecule has 0 saturated carbocycles. The normalized spacial score (nSPS) is 16.1. The minimum atomic E-state index is -0.0394. The molecule has 1 aliphatic heterocycles. The van der Waals surface area contributed by atoms with Gasteiger partial charge in [0, 0.05) is 43.4 Å². The smallest absolute Gasteiger partial charge is 0.191 e. The fourth-order valence-corrected chi connectivity index (χ4v) is 3.99. The Kier molecular flexibility index (Phi) is 7.90. The third-order valence-electron chi connectivity index (χ3n) is 5.50. The van der Waals surface area contributed by atoms with Crippen LogP contribution in [0.15, 0.2) is 53.7 Å². The highest BCUT2D eigenvalue weighted by Gasteiger charge is 2.34. The van der Waals surface area contributed by atoms with Gasteiger partial charge < -0.3 is 15.4 Å². The van der Waals surface area contributed by atoms with Gasteiger partial charge in [0.1, 0.15) is 0 Å². The Morgan fingerprint density at radius 3 is 2.77 bits per heavy atom. The van der Waals surface area contributed by atoms with Crippen molar-refractivity contribution in [1.29, 1.82) is 0 Å². The van der Waals surface area contributed by atoms with Gasteiger partial charge in [-0.1, -0.05) is 29.8 Å². The summed E-state index contributed by atoms with van der Waals surface area (Å²) in [5, 5.41) is 16.0. The summed E-state index contributed by atoms with van der Waals surface area (Å²) in [4.78, 5) is 4.37. The zero-order valence-electron chi connectivity index (χ0n) is 16.8. The molecule has 0 radical (unpaired) electrons. The topological polar surface area (TPSA) is 75.8 Å². The van der Waals surface area contributed by atoms with Crippen LogP contribution in [0.4, 0.5) is 0 Å². The van der Waals surface area contributed by atoms with Gasteiger partial charge in [-0.2, -0.15) is 0 Å². The Morgan fingerprint density at radius 1 is 1.17 bits per heavy atom. The lowest BCUT2D eigenvalue weighted by molar-refractivity contribution is 0.0514. The van der Waals surface area contributed by atoms with Crippen LogP contribution in [-0.4, -0.2) is 47.4 Å². The number of halogens is 2. The van der Waals surface area contributed by atoms with Crippen LogP contribution in [-0.2, 0) is 16.7 Å². The van der Waals surface area contributed by atoms with E-state index in [0.717, 1.165) is 55.1 Å². The molecule has 1 aromatic carbocycles. The fraction of sp³-hybridized carbons (Fsp3) is 0.381. The molecule has 0 aliphatic carbocycles. The summed E-state index contributed by atoms with van der Waals surface area (Å²) in [6.07, 6.45) is 3.83. The zero-order chi connectivity index (χ0) is 20.1. The first-order valence-electron chi connectivity index (χ1n) is 9.77. The molecule has 160 valence electrons. The maximum atomic E-state index is 6.27. The van der Waals surface area contributed by atoms with Crippen molar-refractivity contribution < 1.29 is 4.74 Å². The summed E-state index contributed by atoms with van der Waals surface area (Å²) in [5.74, 6) is 1.56. The molecule has 0 spiro atoms. The molecular weight excluding hydrogens is 515 g/mol. The number of pyridine rings is 1. The van der Waals surface area contributed by atoms with Crippen molar-refractivity contribution in [1.82, 2.24) is 25.2 Å². The van der Waals surface area contributed by atoms with E-state index in [-0.39, 0.29) is 29.4 Å². The molecule has 3 aromatic rings. The third kappa shape index (κ3) is 5.04. The second-order valence-electron chi connectivity index (χ2n) is 7.23. The van der Waals surface area contributed by atoms with Gasteiger partial charge in [-0.05, 0) is 42.7 Å². The molecule has 0 atom stereocenters. The summed E-state index contributed by atoms with van der Waals surface area (Å²) in [6, 6.07) is 14.0. The molecule has 1 saturated heterocycles. The Bertz CT molecular complexity index is 1000. The summed E-state index contributed by atoms with van der Waals surface area (Å²) in [6.45, 7) is 2.76. The molecule has 1 fully saturated rings. The number of ether oxygens (including phenoxy) is 1. The minimum Gasteiger partial charge on any atom is -0.381 e. The van der Waals surface area contributed by atoms with Crippen LogP contribution in [0.3, 0.4) is 0 Å². The predicted octanol–water partition coefficient (Wildman–Crippen LogP) is 3.41. The van der Waals surface area contributed by atoms with E-state index in [2.05, 4.69) is 38.0 Å². The molecule has 0 amide bonds. The first kappa shape index (κ1) is 22.8. The van der Waals surface area contributed by atoms with Crippen LogP contribution < -0.4 is 10.6 Å². The van der Waals surface area contributed by atoms with Crippen LogP contribution >= 0.6 is 35.6 Å². The number of hydrogen-bond acceptors (Lipinski definition) is 4. The lowest BCUT2D eigenvalue weighted by Crippen LogP contribution is -2.48. The van der Waals surface area contributed by atoms with E-state index in [0.29, 0.717) is 6.54 Å². The zero-order valence-corrected chi connectivity index (χ0v) is 19.9. The van der Waals surface area contributed by atoms with Crippen LogP contribution in [0.2, 0.25) is 5.02 Å². The molecule has 0 bridgehead atoms. The number of aliphatic imine (C=N–C) groups is 1. The third-order valence-corrected chi connectivity index (χ3v) is 5.74. The molecule has 30 heavy (non-hydrogen) atoms. The molecule has 9 heteroatoms. The van der Waals surface area contributed by atoms with Gasteiger partial charge >= 0.3 is 0 Å². The molecule has 3 heterocycles. The van der Waals surface area contributed by atoms with Crippen LogP contribution in [0.5, 0.6) is 0 Å². The van der Waals surface area contributed by atoms with Gasteiger partial charge in [0.05, 0.1) is 6.54 Å². The van der Waals surface area contributed by atoms with Crippen molar-refractivity contribution in [3.8, 4) is 0 Å². The van der Waals surface area contributed by atoms with Crippen LogP contribution in [0.25, 0.3) is 5.65 Å². The SMILES string of the molecule is CN=C(NCc1nnc2ccccn12)NCC1(c2cccc(Cl)c2)CCOCC1.I. The van der Waals surface area contributed by atoms with E-state index < -0.39 is 0 Å². The number of benzene rings is 1. The van der Waals surface area contributed by atoms with Crippen molar-refractivity contribution in [3.63, 3.8) is 0 Å². The Morgan fingerprint density at radius 2 is 2.00 bits per heavy atom. The number of hydrogen-bond donors (Lipinski definition) is 2. The molecular formula is C21H26ClIN6O. The van der Waals surface area contributed by atoms with Gasteiger partial charge in [0.2, 0.25) is 0 Å². The van der Waals surface area contributed by atoms with Crippen molar-refractivity contribution in [3.05, 3.63) is 65.1 Å². The second kappa shape index (κ2) is 10.4. The summed E-state index contributed by atoms with van der Waals surface area (Å²) in [5.41, 5.74) is 2.02. The lowest BCUT2D eigenvalue weighted by atomic mass is 9.74. The first-order valence-corrected chi connectivity index (χ1v) is 10.1. The number of rotatable bonds is 5. The lowest BCUT2D eigenvalue weighted by Gasteiger charge is -2.38. The Balaban J connectivity index is 0.00000256. The number of guanidine groups is 1. The van der Waals surface area contributed by atoms with E-state index in [1.165, 1.54) is 5.56 Å². The standard InChI is InChI=1S/C21H25ClN6O.HI/c1-23-20(24-14-19-27-26-18-7-2-3-10-28(18)19)25-15-21(8-11-29-12-9-21)16-5-4-6-17(22)13-16;/h2-7,10,13H,8-9,11-12,14-15H2,1H3,(H2,23,24,25);1H. The van der Waals surface area contributed by atoms with E-state index in [1.54, 1.807) is 7.05 Å². The van der Waals surface area contributed by atoms with E-state index in [9.17, 15) is 0 Å². The highest BCUT2D eigenvalue weighted by atomic mass is 127. The van der Waals surface area contributed by atoms with E-state index in [4.69, 9.17) is 16.3 Å². The molecule has 4 rings (SSSR count). The highest BCUT2D eigenvalue weighted by molar-refractivity contribution is 14.0. The largest absolute Gasteiger partial charge is 0.381 e. The Hall–Kier alpha value is -1.91. The fourth-order valence-electron chi connectivity index (χ4n) is 3.80. The first-order chi connectivity index (χ1) is 14.2. The van der Waals surface area contributed by atoms with Gasteiger partial charge in [0.15, 0.2) is 17.4 Å². The number of aromatic nitrogens is 3. The van der Waals surface area contributed by atoms with E-state index in [1.807, 2.05) is 40.9 Å². The van der Waals surface area contributed by atoms with Gasteiger partial charge in [-0.3, -0.25) is 9.39 Å². The average molecular weight is 541 g/mol.